The topological polar surface area (TPSA) is 21.3 Å². The highest BCUT2D eigenvalue weighted by atomic mass is 79.9. The number of benzene rings is 1. The van der Waals surface area contributed by atoms with Crippen LogP contribution < -0.4 is 5.48 Å². The van der Waals surface area contributed by atoms with Crippen molar-refractivity contribution in [1.82, 2.24) is 5.48 Å². The highest BCUT2D eigenvalue weighted by molar-refractivity contribution is 9.10. The van der Waals surface area contributed by atoms with Gasteiger partial charge < -0.3 is 0 Å². The molecule has 2 rings (SSSR count). The van der Waals surface area contributed by atoms with Gasteiger partial charge in [0.25, 0.3) is 0 Å². The minimum atomic E-state index is -0.108. The summed E-state index contributed by atoms with van der Waals surface area (Å²) in [7, 11) is 0. The molecule has 0 unspecified atom stereocenters. The second-order valence-corrected chi connectivity index (χ2v) is 6.66. The molecule has 0 heterocycles. The maximum atomic E-state index is 5.58. The van der Waals surface area contributed by atoms with Crippen molar-refractivity contribution in [3.63, 3.8) is 0 Å². The smallest absolute Gasteiger partial charge is 0.0813 e. The number of rotatable bonds is 3. The van der Waals surface area contributed by atoms with Gasteiger partial charge in [-0.2, -0.15) is 5.48 Å². The Bertz CT molecular complexity index is 363. The first kappa shape index (κ1) is 13.1. The maximum Gasteiger partial charge on any atom is 0.0813 e. The van der Waals surface area contributed by atoms with Gasteiger partial charge in [0, 0.05) is 10.5 Å². The van der Waals surface area contributed by atoms with Crippen molar-refractivity contribution in [3.05, 3.63) is 34.3 Å². The Morgan fingerprint density at radius 2 is 1.76 bits per heavy atom. The summed E-state index contributed by atoms with van der Waals surface area (Å²) in [6.45, 7) is 6.18. The van der Waals surface area contributed by atoms with Crippen LogP contribution in [0.15, 0.2) is 28.7 Å². The predicted octanol–water partition coefficient (Wildman–Crippen LogP) is 4.01. The Morgan fingerprint density at radius 3 is 2.29 bits per heavy atom. The molecule has 1 saturated carbocycles. The summed E-state index contributed by atoms with van der Waals surface area (Å²) in [4.78, 5) is 5.58. The van der Waals surface area contributed by atoms with Gasteiger partial charge in [-0.3, -0.25) is 4.84 Å². The molecule has 1 aromatic carbocycles. The zero-order valence-corrected chi connectivity index (χ0v) is 12.3. The highest BCUT2D eigenvalue weighted by Gasteiger charge is 2.31. The summed E-state index contributed by atoms with van der Waals surface area (Å²) in [6, 6.07) is 9.14. The van der Waals surface area contributed by atoms with E-state index in [4.69, 9.17) is 4.84 Å². The SMILES string of the molecule is CC(C)(C)ONC1CC(c2ccc(Br)cc2)C1. The molecule has 17 heavy (non-hydrogen) atoms. The number of nitrogens with one attached hydrogen (secondary N) is 1. The van der Waals surface area contributed by atoms with Crippen LogP contribution in [0.5, 0.6) is 0 Å². The Hall–Kier alpha value is -0.380. The van der Waals surface area contributed by atoms with E-state index in [-0.39, 0.29) is 5.60 Å². The van der Waals surface area contributed by atoms with Gasteiger partial charge in [-0.15, -0.1) is 0 Å². The molecule has 1 fully saturated rings. The van der Waals surface area contributed by atoms with E-state index >= 15 is 0 Å². The van der Waals surface area contributed by atoms with Crippen molar-refractivity contribution >= 4 is 15.9 Å². The average molecular weight is 298 g/mol. The van der Waals surface area contributed by atoms with Crippen molar-refractivity contribution in [2.75, 3.05) is 0 Å². The summed E-state index contributed by atoms with van der Waals surface area (Å²) >= 11 is 3.46. The highest BCUT2D eigenvalue weighted by Crippen LogP contribution is 2.37. The van der Waals surface area contributed by atoms with E-state index in [1.54, 1.807) is 0 Å². The minimum absolute atomic E-state index is 0.108. The first-order chi connectivity index (χ1) is 7.94. The van der Waals surface area contributed by atoms with Crippen molar-refractivity contribution < 1.29 is 4.84 Å². The molecule has 94 valence electrons. The molecule has 3 heteroatoms. The first-order valence-corrected chi connectivity index (χ1v) is 6.92. The van der Waals surface area contributed by atoms with Gasteiger partial charge in [0.1, 0.15) is 0 Å². The van der Waals surface area contributed by atoms with Gasteiger partial charge in [0.15, 0.2) is 0 Å². The van der Waals surface area contributed by atoms with Gasteiger partial charge in [0.05, 0.1) is 5.60 Å². The number of hydrogen-bond acceptors (Lipinski definition) is 2. The van der Waals surface area contributed by atoms with Crippen LogP contribution in [0.25, 0.3) is 0 Å². The monoisotopic (exact) mass is 297 g/mol. The third-order valence-electron chi connectivity index (χ3n) is 3.01. The van der Waals surface area contributed by atoms with E-state index in [1.165, 1.54) is 5.56 Å². The Morgan fingerprint density at radius 1 is 1.18 bits per heavy atom. The molecule has 1 aromatic rings. The van der Waals surface area contributed by atoms with Gasteiger partial charge in [-0.25, -0.2) is 0 Å². The minimum Gasteiger partial charge on any atom is -0.296 e. The van der Waals surface area contributed by atoms with Gasteiger partial charge in [-0.1, -0.05) is 28.1 Å². The predicted molar refractivity (Wildman–Crippen MR) is 73.9 cm³/mol. The van der Waals surface area contributed by atoms with Crippen LogP contribution >= 0.6 is 15.9 Å². The Labute approximate surface area is 112 Å². The van der Waals surface area contributed by atoms with Gasteiger partial charge in [-0.05, 0) is 57.2 Å². The normalized spacial score (nSPS) is 24.5. The molecular formula is C14H20BrNO. The average Bonchev–Trinajstić information content (AvgIpc) is 2.16. The lowest BCUT2D eigenvalue weighted by Gasteiger charge is -2.37. The van der Waals surface area contributed by atoms with E-state index in [0.717, 1.165) is 17.3 Å². The zero-order valence-electron chi connectivity index (χ0n) is 10.7. The van der Waals surface area contributed by atoms with Gasteiger partial charge in [0.2, 0.25) is 0 Å². The lowest BCUT2D eigenvalue weighted by Crippen LogP contribution is -2.43. The summed E-state index contributed by atoms with van der Waals surface area (Å²) in [5.41, 5.74) is 4.48. The summed E-state index contributed by atoms with van der Waals surface area (Å²) in [5, 5.41) is 0. The fourth-order valence-corrected chi connectivity index (χ4v) is 2.25. The maximum absolute atomic E-state index is 5.58. The summed E-state index contributed by atoms with van der Waals surface area (Å²) in [5.74, 6) is 0.684. The molecule has 0 bridgehead atoms. The zero-order chi connectivity index (χ0) is 12.5. The summed E-state index contributed by atoms with van der Waals surface area (Å²) < 4.78 is 1.14. The second kappa shape index (κ2) is 5.09. The van der Waals surface area contributed by atoms with E-state index in [9.17, 15) is 0 Å². The van der Waals surface area contributed by atoms with Crippen LogP contribution in [0.1, 0.15) is 45.1 Å². The fraction of sp³-hybridized carbons (Fsp3) is 0.571. The molecule has 0 atom stereocenters. The van der Waals surface area contributed by atoms with Crippen LogP contribution in [-0.4, -0.2) is 11.6 Å². The third-order valence-corrected chi connectivity index (χ3v) is 3.54. The molecule has 0 radical (unpaired) electrons. The van der Waals surface area contributed by atoms with E-state index in [2.05, 4.69) is 66.4 Å². The quantitative estimate of drug-likeness (QED) is 0.851. The lowest BCUT2D eigenvalue weighted by molar-refractivity contribution is -0.101. The van der Waals surface area contributed by atoms with E-state index in [0.29, 0.717) is 12.0 Å². The van der Waals surface area contributed by atoms with Crippen molar-refractivity contribution in [2.24, 2.45) is 0 Å². The molecule has 1 aliphatic rings. The van der Waals surface area contributed by atoms with Crippen molar-refractivity contribution in [3.8, 4) is 0 Å². The largest absolute Gasteiger partial charge is 0.296 e. The van der Waals surface area contributed by atoms with Crippen LogP contribution in [0.4, 0.5) is 0 Å². The molecule has 0 amide bonds. The second-order valence-electron chi connectivity index (χ2n) is 5.75. The molecule has 1 N–H and O–H groups in total. The summed E-state index contributed by atoms with van der Waals surface area (Å²) in [6.07, 6.45) is 2.33. The Kier molecular flexibility index (Phi) is 3.91. The molecule has 1 aliphatic carbocycles. The van der Waals surface area contributed by atoms with Crippen LogP contribution in [0.2, 0.25) is 0 Å². The first-order valence-electron chi connectivity index (χ1n) is 6.13. The number of halogens is 1. The molecule has 2 nitrogen and oxygen atoms in total. The molecular weight excluding hydrogens is 278 g/mol. The standard InChI is InChI=1S/C14H20BrNO/c1-14(2,3)17-16-13-8-11(9-13)10-4-6-12(15)7-5-10/h4-7,11,13,16H,8-9H2,1-3H3. The third kappa shape index (κ3) is 3.80. The van der Waals surface area contributed by atoms with Crippen molar-refractivity contribution in [2.45, 2.75) is 51.2 Å². The Balaban J connectivity index is 1.77. The number of hydrogen-bond donors (Lipinski definition) is 1. The fourth-order valence-electron chi connectivity index (χ4n) is 1.98. The molecule has 0 aromatic heterocycles. The molecule has 0 saturated heterocycles. The van der Waals surface area contributed by atoms with Gasteiger partial charge >= 0.3 is 0 Å². The number of hydroxylamine groups is 1. The van der Waals surface area contributed by atoms with E-state index in [1.807, 2.05) is 0 Å². The van der Waals surface area contributed by atoms with Crippen molar-refractivity contribution in [1.29, 1.82) is 0 Å². The van der Waals surface area contributed by atoms with Crippen LogP contribution in [0.3, 0.4) is 0 Å². The van der Waals surface area contributed by atoms with E-state index < -0.39 is 0 Å². The lowest BCUT2D eigenvalue weighted by atomic mass is 9.76. The van der Waals surface area contributed by atoms with Crippen LogP contribution in [0, 0.1) is 0 Å². The molecule has 0 aliphatic heterocycles. The van der Waals surface area contributed by atoms with Crippen LogP contribution in [-0.2, 0) is 4.84 Å². The molecule has 0 spiro atoms.